The molecule has 4 nitrogen and oxygen atoms in total. The van der Waals surface area contributed by atoms with Gasteiger partial charge >= 0.3 is 0 Å². The van der Waals surface area contributed by atoms with Gasteiger partial charge in [0.15, 0.2) is 0 Å². The van der Waals surface area contributed by atoms with Crippen LogP contribution in [0.3, 0.4) is 0 Å². The van der Waals surface area contributed by atoms with Gasteiger partial charge < -0.3 is 5.73 Å². The predicted octanol–water partition coefficient (Wildman–Crippen LogP) is 2.71. The summed E-state index contributed by atoms with van der Waals surface area (Å²) >= 11 is 5.87. The molecular weight excluding hydrogens is 296 g/mol. The maximum Gasteiger partial charge on any atom is 0.243 e. The zero-order chi connectivity index (χ0) is 14.8. The van der Waals surface area contributed by atoms with Gasteiger partial charge in [-0.2, -0.15) is 0 Å². The Morgan fingerprint density at radius 2 is 1.90 bits per heavy atom. The first-order chi connectivity index (χ1) is 9.40. The number of sulfonamides is 1. The lowest BCUT2D eigenvalue weighted by molar-refractivity contribution is 0.581. The van der Waals surface area contributed by atoms with E-state index in [9.17, 15) is 8.42 Å². The number of aryl methyl sites for hydroxylation is 1. The SMILES string of the molecule is Cc1cccc(N)c1S(=O)(=O)NCc1cccc(Cl)c1. The lowest BCUT2D eigenvalue weighted by Gasteiger charge is -2.11. The van der Waals surface area contributed by atoms with E-state index in [1.54, 1.807) is 49.4 Å². The lowest BCUT2D eigenvalue weighted by Crippen LogP contribution is -2.25. The number of rotatable bonds is 4. The molecule has 0 amide bonds. The third-order valence-electron chi connectivity index (χ3n) is 2.87. The second kappa shape index (κ2) is 5.83. The van der Waals surface area contributed by atoms with Crippen LogP contribution in [0.2, 0.25) is 5.02 Å². The van der Waals surface area contributed by atoms with Crippen molar-refractivity contribution in [3.8, 4) is 0 Å². The van der Waals surface area contributed by atoms with Crippen molar-refractivity contribution in [1.82, 2.24) is 4.72 Å². The minimum Gasteiger partial charge on any atom is -0.398 e. The van der Waals surface area contributed by atoms with Gasteiger partial charge in [-0.1, -0.05) is 35.9 Å². The minimum atomic E-state index is -3.65. The van der Waals surface area contributed by atoms with Crippen molar-refractivity contribution in [3.05, 3.63) is 58.6 Å². The molecule has 0 aliphatic heterocycles. The Balaban J connectivity index is 2.24. The summed E-state index contributed by atoms with van der Waals surface area (Å²) in [6.07, 6.45) is 0. The fraction of sp³-hybridized carbons (Fsp3) is 0.143. The van der Waals surface area contributed by atoms with Crippen molar-refractivity contribution in [3.63, 3.8) is 0 Å². The maximum atomic E-state index is 12.3. The van der Waals surface area contributed by atoms with Gasteiger partial charge in [0.25, 0.3) is 0 Å². The van der Waals surface area contributed by atoms with Gasteiger partial charge in [-0.15, -0.1) is 0 Å². The number of anilines is 1. The molecule has 0 bridgehead atoms. The summed E-state index contributed by atoms with van der Waals surface area (Å²) in [5, 5.41) is 0.567. The van der Waals surface area contributed by atoms with E-state index in [0.29, 0.717) is 10.6 Å². The van der Waals surface area contributed by atoms with Crippen molar-refractivity contribution in [1.29, 1.82) is 0 Å². The quantitative estimate of drug-likeness (QED) is 0.853. The molecule has 0 spiro atoms. The molecule has 0 saturated heterocycles. The Morgan fingerprint density at radius 3 is 2.55 bits per heavy atom. The second-order valence-electron chi connectivity index (χ2n) is 4.45. The van der Waals surface area contributed by atoms with Crippen LogP contribution in [-0.2, 0) is 16.6 Å². The van der Waals surface area contributed by atoms with Crippen molar-refractivity contribution < 1.29 is 8.42 Å². The first-order valence-electron chi connectivity index (χ1n) is 5.99. The van der Waals surface area contributed by atoms with Crippen molar-refractivity contribution in [2.24, 2.45) is 0 Å². The van der Waals surface area contributed by atoms with Crippen LogP contribution in [0.15, 0.2) is 47.4 Å². The van der Waals surface area contributed by atoms with E-state index < -0.39 is 10.0 Å². The Morgan fingerprint density at radius 1 is 1.20 bits per heavy atom. The van der Waals surface area contributed by atoms with Crippen molar-refractivity contribution in [2.45, 2.75) is 18.4 Å². The van der Waals surface area contributed by atoms with Gasteiger partial charge in [0.05, 0.1) is 5.69 Å². The van der Waals surface area contributed by atoms with E-state index in [4.69, 9.17) is 17.3 Å². The molecule has 2 aromatic carbocycles. The smallest absolute Gasteiger partial charge is 0.243 e. The van der Waals surface area contributed by atoms with E-state index in [1.165, 1.54) is 0 Å². The average molecular weight is 311 g/mol. The Bertz CT molecular complexity index is 709. The average Bonchev–Trinajstić information content (AvgIpc) is 2.36. The molecule has 0 aliphatic carbocycles. The van der Waals surface area contributed by atoms with Crippen LogP contribution in [-0.4, -0.2) is 8.42 Å². The Kier molecular flexibility index (Phi) is 4.32. The van der Waals surface area contributed by atoms with E-state index in [2.05, 4.69) is 4.72 Å². The number of hydrogen-bond donors (Lipinski definition) is 2. The van der Waals surface area contributed by atoms with Crippen molar-refractivity contribution >= 4 is 27.3 Å². The van der Waals surface area contributed by atoms with E-state index in [1.807, 2.05) is 0 Å². The third-order valence-corrected chi connectivity index (χ3v) is 4.72. The highest BCUT2D eigenvalue weighted by atomic mass is 35.5. The standard InChI is InChI=1S/C14H15ClN2O2S/c1-10-4-2-7-13(16)14(10)20(18,19)17-9-11-5-3-6-12(15)8-11/h2-8,17H,9,16H2,1H3. The zero-order valence-corrected chi connectivity index (χ0v) is 12.5. The van der Waals surface area contributed by atoms with Gasteiger partial charge in [0, 0.05) is 11.6 Å². The zero-order valence-electron chi connectivity index (χ0n) is 10.9. The van der Waals surface area contributed by atoms with Gasteiger partial charge in [0.1, 0.15) is 4.90 Å². The van der Waals surface area contributed by atoms with Gasteiger partial charge in [-0.05, 0) is 36.2 Å². The molecule has 2 rings (SSSR count). The summed E-state index contributed by atoms with van der Waals surface area (Å²) in [5.41, 5.74) is 7.40. The molecule has 0 heterocycles. The fourth-order valence-electron chi connectivity index (χ4n) is 1.94. The summed E-state index contributed by atoms with van der Waals surface area (Å²) in [5.74, 6) is 0. The number of hydrogen-bond acceptors (Lipinski definition) is 3. The Labute approximate surface area is 123 Å². The van der Waals surface area contributed by atoms with E-state index in [0.717, 1.165) is 5.56 Å². The maximum absolute atomic E-state index is 12.3. The third kappa shape index (κ3) is 3.30. The van der Waals surface area contributed by atoms with Crippen LogP contribution >= 0.6 is 11.6 Å². The van der Waals surface area contributed by atoms with Crippen LogP contribution < -0.4 is 10.5 Å². The molecule has 3 N–H and O–H groups in total. The molecule has 0 atom stereocenters. The highest BCUT2D eigenvalue weighted by Crippen LogP contribution is 2.22. The first-order valence-corrected chi connectivity index (χ1v) is 7.85. The number of nitrogen functional groups attached to an aromatic ring is 1. The van der Waals surface area contributed by atoms with Gasteiger partial charge in [-0.25, -0.2) is 13.1 Å². The summed E-state index contributed by atoms with van der Waals surface area (Å²) in [6, 6.07) is 12.0. The van der Waals surface area contributed by atoms with E-state index in [-0.39, 0.29) is 17.1 Å². The molecule has 6 heteroatoms. The Hall–Kier alpha value is -1.56. The molecule has 0 fully saturated rings. The second-order valence-corrected chi connectivity index (χ2v) is 6.59. The van der Waals surface area contributed by atoms with Gasteiger partial charge in [-0.3, -0.25) is 0 Å². The van der Waals surface area contributed by atoms with E-state index >= 15 is 0 Å². The molecule has 0 radical (unpaired) electrons. The van der Waals surface area contributed by atoms with Gasteiger partial charge in [0.2, 0.25) is 10.0 Å². The summed E-state index contributed by atoms with van der Waals surface area (Å²) in [4.78, 5) is 0.127. The summed E-state index contributed by atoms with van der Waals surface area (Å²) < 4.78 is 27.2. The molecule has 0 unspecified atom stereocenters. The van der Waals surface area contributed by atoms with Crippen LogP contribution in [0.4, 0.5) is 5.69 Å². The number of halogens is 1. The highest BCUT2D eigenvalue weighted by Gasteiger charge is 2.19. The minimum absolute atomic E-state index is 0.127. The van der Waals surface area contributed by atoms with Crippen LogP contribution in [0, 0.1) is 6.92 Å². The largest absolute Gasteiger partial charge is 0.398 e. The molecular formula is C14H15ClN2O2S. The number of benzene rings is 2. The lowest BCUT2D eigenvalue weighted by atomic mass is 10.2. The molecule has 0 aromatic heterocycles. The van der Waals surface area contributed by atoms with Crippen LogP contribution in [0.1, 0.15) is 11.1 Å². The fourth-order valence-corrected chi connectivity index (χ4v) is 3.52. The first kappa shape index (κ1) is 14.8. The topological polar surface area (TPSA) is 72.2 Å². The normalized spacial score (nSPS) is 11.5. The molecule has 0 aliphatic rings. The van der Waals surface area contributed by atoms with Crippen LogP contribution in [0.5, 0.6) is 0 Å². The summed E-state index contributed by atoms with van der Waals surface area (Å²) in [6.45, 7) is 1.88. The monoisotopic (exact) mass is 310 g/mol. The highest BCUT2D eigenvalue weighted by molar-refractivity contribution is 7.89. The number of nitrogens with two attached hydrogens (primary N) is 1. The summed E-state index contributed by atoms with van der Waals surface area (Å²) in [7, 11) is -3.65. The van der Waals surface area contributed by atoms with Crippen molar-refractivity contribution in [2.75, 3.05) is 5.73 Å². The number of nitrogens with one attached hydrogen (secondary N) is 1. The molecule has 106 valence electrons. The van der Waals surface area contributed by atoms with Crippen LogP contribution in [0.25, 0.3) is 0 Å². The molecule has 0 saturated carbocycles. The predicted molar refractivity (Wildman–Crippen MR) is 81.1 cm³/mol. The molecule has 20 heavy (non-hydrogen) atoms. The molecule has 2 aromatic rings.